The molecule has 0 saturated carbocycles. The third-order valence-electron chi connectivity index (χ3n) is 6.32. The summed E-state index contributed by atoms with van der Waals surface area (Å²) >= 11 is 0. The summed E-state index contributed by atoms with van der Waals surface area (Å²) in [5.74, 6) is -0.529. The predicted octanol–water partition coefficient (Wildman–Crippen LogP) is 4.39. The Kier molecular flexibility index (Phi) is 5.41. The van der Waals surface area contributed by atoms with Crippen molar-refractivity contribution >= 4 is 17.6 Å². The van der Waals surface area contributed by atoms with Crippen LogP contribution >= 0.6 is 0 Å². The molecule has 6 heteroatoms. The highest BCUT2D eigenvalue weighted by Gasteiger charge is 2.37. The molecule has 0 spiro atoms. The topological polar surface area (TPSA) is 94.6 Å². The second-order valence-corrected chi connectivity index (χ2v) is 8.34. The van der Waals surface area contributed by atoms with Gasteiger partial charge >= 0.3 is 0 Å². The van der Waals surface area contributed by atoms with Gasteiger partial charge in [-0.3, -0.25) is 0 Å². The summed E-state index contributed by atoms with van der Waals surface area (Å²) in [6.45, 7) is 2.40. The average molecular weight is 431 g/mol. The Labute approximate surface area is 187 Å². The van der Waals surface area contributed by atoms with Crippen molar-refractivity contribution in [3.8, 4) is 0 Å². The van der Waals surface area contributed by atoms with Crippen LogP contribution in [0.2, 0.25) is 0 Å². The molecule has 0 bridgehead atoms. The number of aliphatic hydroxyl groups is 3. The molecule has 0 aromatic heterocycles. The van der Waals surface area contributed by atoms with E-state index in [0.29, 0.717) is 18.9 Å². The monoisotopic (exact) mass is 430 g/mol. The van der Waals surface area contributed by atoms with Crippen LogP contribution in [0.3, 0.4) is 0 Å². The van der Waals surface area contributed by atoms with E-state index in [1.165, 1.54) is 17.7 Å². The maximum atomic E-state index is 10.5. The summed E-state index contributed by atoms with van der Waals surface area (Å²) < 4.78 is 5.85. The maximum Gasteiger partial charge on any atom is 0.155 e. The first-order valence-electron chi connectivity index (χ1n) is 11.0. The average Bonchev–Trinajstić information content (AvgIpc) is 2.78. The summed E-state index contributed by atoms with van der Waals surface area (Å²) in [6, 6.07) is 8.39. The zero-order valence-corrected chi connectivity index (χ0v) is 17.8. The van der Waals surface area contributed by atoms with Crippen molar-refractivity contribution in [3.63, 3.8) is 0 Å². The van der Waals surface area contributed by atoms with Gasteiger partial charge in [-0.15, -0.1) is 0 Å². The predicted molar refractivity (Wildman–Crippen MR) is 125 cm³/mol. The quantitative estimate of drug-likeness (QED) is 0.660. The highest BCUT2D eigenvalue weighted by Crippen LogP contribution is 2.43. The SMILES string of the molecule is CCOC1CC(C2=Cc3ccccc3C3C=CC=CC23)=NC(C2C(O)=CC(O)=CC2O)=N1. The summed E-state index contributed by atoms with van der Waals surface area (Å²) in [5.41, 5.74) is 4.39. The molecule has 164 valence electrons. The number of hydrogen-bond donors (Lipinski definition) is 3. The van der Waals surface area contributed by atoms with Crippen LogP contribution < -0.4 is 0 Å². The highest BCUT2D eigenvalue weighted by atomic mass is 16.5. The van der Waals surface area contributed by atoms with Crippen molar-refractivity contribution in [3.05, 3.63) is 88.9 Å². The number of benzene rings is 1. The lowest BCUT2D eigenvalue weighted by Crippen LogP contribution is -2.36. The van der Waals surface area contributed by atoms with E-state index < -0.39 is 18.2 Å². The number of hydrogen-bond acceptors (Lipinski definition) is 6. The lowest BCUT2D eigenvalue weighted by atomic mass is 9.71. The van der Waals surface area contributed by atoms with E-state index in [4.69, 9.17) is 9.73 Å². The van der Waals surface area contributed by atoms with Crippen molar-refractivity contribution in [2.24, 2.45) is 21.8 Å². The molecular weight excluding hydrogens is 404 g/mol. The van der Waals surface area contributed by atoms with Crippen molar-refractivity contribution in [1.29, 1.82) is 0 Å². The minimum Gasteiger partial charge on any atom is -0.511 e. The van der Waals surface area contributed by atoms with E-state index >= 15 is 0 Å². The van der Waals surface area contributed by atoms with E-state index in [2.05, 4.69) is 53.6 Å². The zero-order valence-electron chi connectivity index (χ0n) is 17.8. The molecule has 1 heterocycles. The number of ether oxygens (including phenoxy) is 1. The van der Waals surface area contributed by atoms with Crippen LogP contribution in [0.4, 0.5) is 0 Å². The highest BCUT2D eigenvalue weighted by molar-refractivity contribution is 6.13. The van der Waals surface area contributed by atoms with Gasteiger partial charge in [0.2, 0.25) is 0 Å². The lowest BCUT2D eigenvalue weighted by Gasteiger charge is -2.35. The number of fused-ring (bicyclic) bond motifs is 3. The first-order valence-corrected chi connectivity index (χ1v) is 11.0. The van der Waals surface area contributed by atoms with Gasteiger partial charge in [-0.25, -0.2) is 9.98 Å². The molecule has 0 saturated heterocycles. The number of amidine groups is 1. The molecule has 6 nitrogen and oxygen atoms in total. The van der Waals surface area contributed by atoms with Crippen LogP contribution in [0, 0.1) is 11.8 Å². The molecule has 5 atom stereocenters. The van der Waals surface area contributed by atoms with Crippen LogP contribution in [-0.4, -0.2) is 45.8 Å². The summed E-state index contributed by atoms with van der Waals surface area (Å²) in [6.07, 6.45) is 12.2. The van der Waals surface area contributed by atoms with Crippen LogP contribution in [0.25, 0.3) is 6.08 Å². The molecule has 3 N–H and O–H groups in total. The van der Waals surface area contributed by atoms with E-state index in [1.54, 1.807) is 0 Å². The Hall–Kier alpha value is -3.22. The normalized spacial score (nSPS) is 30.9. The molecule has 0 fully saturated rings. The number of allylic oxidation sites excluding steroid dienone is 6. The second kappa shape index (κ2) is 8.37. The van der Waals surface area contributed by atoms with E-state index in [0.717, 1.165) is 16.8 Å². The van der Waals surface area contributed by atoms with Gasteiger partial charge in [0, 0.05) is 30.9 Å². The molecule has 1 aromatic rings. The fourth-order valence-corrected chi connectivity index (χ4v) is 4.90. The number of aliphatic imine (C=N–C) groups is 2. The third kappa shape index (κ3) is 3.66. The van der Waals surface area contributed by atoms with Gasteiger partial charge in [-0.2, -0.15) is 0 Å². The Morgan fingerprint density at radius 1 is 1.06 bits per heavy atom. The van der Waals surface area contributed by atoms with Crippen molar-refractivity contribution in [2.45, 2.75) is 31.6 Å². The first-order chi connectivity index (χ1) is 15.5. The van der Waals surface area contributed by atoms with Crippen LogP contribution in [0.5, 0.6) is 0 Å². The Bertz CT molecular complexity index is 1140. The molecule has 3 aliphatic carbocycles. The second-order valence-electron chi connectivity index (χ2n) is 8.34. The van der Waals surface area contributed by atoms with Crippen LogP contribution in [0.15, 0.2) is 87.8 Å². The summed E-state index contributed by atoms with van der Waals surface area (Å²) in [5, 5.41) is 30.7. The van der Waals surface area contributed by atoms with Gasteiger partial charge in [-0.05, 0) is 35.8 Å². The van der Waals surface area contributed by atoms with E-state index in [1.807, 2.05) is 13.0 Å². The molecule has 32 heavy (non-hydrogen) atoms. The zero-order chi connectivity index (χ0) is 22.2. The van der Waals surface area contributed by atoms with Gasteiger partial charge in [0.05, 0.1) is 11.8 Å². The van der Waals surface area contributed by atoms with Crippen LogP contribution in [-0.2, 0) is 4.74 Å². The first kappa shape index (κ1) is 20.7. The van der Waals surface area contributed by atoms with Crippen molar-refractivity contribution in [2.75, 3.05) is 6.61 Å². The van der Waals surface area contributed by atoms with Gasteiger partial charge in [0.15, 0.2) is 6.23 Å². The minimum atomic E-state index is -1.13. The Balaban J connectivity index is 1.59. The Morgan fingerprint density at radius 2 is 1.84 bits per heavy atom. The summed E-state index contributed by atoms with van der Waals surface area (Å²) in [4.78, 5) is 9.43. The molecule has 4 aliphatic rings. The van der Waals surface area contributed by atoms with E-state index in [9.17, 15) is 15.3 Å². The molecular formula is C26H26N2O4. The number of aliphatic hydroxyl groups excluding tert-OH is 3. The molecule has 0 radical (unpaired) electrons. The number of rotatable bonds is 4. The minimum absolute atomic E-state index is 0.139. The number of nitrogens with zero attached hydrogens (tertiary/aromatic N) is 2. The van der Waals surface area contributed by atoms with Crippen molar-refractivity contribution in [1.82, 2.24) is 0 Å². The fourth-order valence-electron chi connectivity index (χ4n) is 4.90. The molecule has 1 aromatic carbocycles. The lowest BCUT2D eigenvalue weighted by molar-refractivity contribution is 0.0725. The smallest absolute Gasteiger partial charge is 0.155 e. The Morgan fingerprint density at radius 3 is 2.62 bits per heavy atom. The van der Waals surface area contributed by atoms with Gasteiger partial charge in [0.1, 0.15) is 23.3 Å². The third-order valence-corrected chi connectivity index (χ3v) is 6.32. The van der Waals surface area contributed by atoms with Crippen LogP contribution in [0.1, 0.15) is 30.4 Å². The fraction of sp³-hybridized carbons (Fsp3) is 0.308. The van der Waals surface area contributed by atoms with Crippen molar-refractivity contribution < 1.29 is 20.1 Å². The largest absolute Gasteiger partial charge is 0.511 e. The molecule has 5 unspecified atom stereocenters. The van der Waals surface area contributed by atoms with Gasteiger partial charge in [0.25, 0.3) is 0 Å². The molecule has 1 aliphatic heterocycles. The summed E-state index contributed by atoms with van der Waals surface area (Å²) in [7, 11) is 0. The van der Waals surface area contributed by atoms with E-state index in [-0.39, 0.29) is 23.4 Å². The standard InChI is InChI=1S/C26H26N2O4/c1-2-32-24-14-21(27-26(28-24)25-22(30)12-16(29)13-23(25)31)20-11-15-7-3-4-8-17(15)18-9-5-6-10-19(18)20/h3-13,18-19,22,24-25,29-31H,2,14H2,1H3. The molecule has 0 amide bonds. The maximum absolute atomic E-state index is 10.5. The van der Waals surface area contributed by atoms with Gasteiger partial charge in [-0.1, -0.05) is 48.6 Å². The van der Waals surface area contributed by atoms with Gasteiger partial charge < -0.3 is 20.1 Å². The molecule has 5 rings (SSSR count).